The number of rotatable bonds is 5. The molecule has 2 rings (SSSR count). The Bertz CT molecular complexity index is 705. The molecule has 0 aliphatic rings. The third kappa shape index (κ3) is 3.43. The topological polar surface area (TPSA) is 69.4 Å². The molecule has 0 bridgehead atoms. The summed E-state index contributed by atoms with van der Waals surface area (Å²) in [5.74, 6) is -0.661. The van der Waals surface area contributed by atoms with Gasteiger partial charge in [0.1, 0.15) is 12.4 Å². The first-order chi connectivity index (χ1) is 10.0. The summed E-state index contributed by atoms with van der Waals surface area (Å²) >= 11 is 3.22. The number of ether oxygens (including phenoxy) is 1. The fraction of sp³-hybridized carbons (Fsp3) is 0.0714. The van der Waals surface area contributed by atoms with E-state index in [0.717, 1.165) is 6.07 Å². The van der Waals surface area contributed by atoms with Gasteiger partial charge in [-0.2, -0.15) is 4.39 Å². The van der Waals surface area contributed by atoms with Crippen molar-refractivity contribution in [1.82, 2.24) is 0 Å². The van der Waals surface area contributed by atoms with Gasteiger partial charge in [0.05, 0.1) is 10.5 Å². The van der Waals surface area contributed by atoms with E-state index in [1.165, 1.54) is 12.1 Å². The Morgan fingerprint density at radius 1 is 1.33 bits per heavy atom. The van der Waals surface area contributed by atoms with Crippen LogP contribution in [-0.2, 0) is 6.61 Å². The van der Waals surface area contributed by atoms with Crippen molar-refractivity contribution in [2.24, 2.45) is 0 Å². The molecule has 0 aliphatic heterocycles. The highest BCUT2D eigenvalue weighted by atomic mass is 79.9. The minimum atomic E-state index is -0.938. The molecule has 21 heavy (non-hydrogen) atoms. The molecule has 0 aromatic heterocycles. The number of hydrogen-bond donors (Lipinski definition) is 0. The van der Waals surface area contributed by atoms with E-state index in [9.17, 15) is 19.3 Å². The van der Waals surface area contributed by atoms with Crippen LogP contribution in [0.1, 0.15) is 15.9 Å². The van der Waals surface area contributed by atoms with Crippen LogP contribution in [0, 0.1) is 15.9 Å². The number of carbonyl (C=O) groups excluding carboxylic acids is 1. The van der Waals surface area contributed by atoms with Gasteiger partial charge in [0.25, 0.3) is 0 Å². The Kier molecular flexibility index (Phi) is 4.64. The molecule has 0 atom stereocenters. The zero-order chi connectivity index (χ0) is 15.4. The molecule has 0 saturated carbocycles. The van der Waals surface area contributed by atoms with Crippen molar-refractivity contribution in [2.45, 2.75) is 6.61 Å². The molecular weight excluding hydrogens is 345 g/mol. The normalized spacial score (nSPS) is 10.2. The molecule has 0 unspecified atom stereocenters. The molecule has 2 aromatic carbocycles. The van der Waals surface area contributed by atoms with Crippen molar-refractivity contribution in [3.63, 3.8) is 0 Å². The SMILES string of the molecule is O=Cc1cc(Br)ccc1OCc1cccc([N+](=O)[O-])c1F. The predicted octanol–water partition coefficient (Wildman–Crippen LogP) is 3.89. The third-order valence-electron chi connectivity index (χ3n) is 2.74. The molecule has 0 spiro atoms. The van der Waals surface area contributed by atoms with E-state index in [4.69, 9.17) is 4.74 Å². The molecule has 0 fully saturated rings. The van der Waals surface area contributed by atoms with E-state index in [-0.39, 0.29) is 17.9 Å². The highest BCUT2D eigenvalue weighted by Gasteiger charge is 2.17. The van der Waals surface area contributed by atoms with Crippen LogP contribution in [0.15, 0.2) is 40.9 Å². The molecular formula is C14H9BrFNO4. The zero-order valence-corrected chi connectivity index (χ0v) is 12.2. The largest absolute Gasteiger partial charge is 0.488 e. The van der Waals surface area contributed by atoms with Crippen molar-refractivity contribution in [1.29, 1.82) is 0 Å². The van der Waals surface area contributed by atoms with E-state index in [2.05, 4.69) is 15.9 Å². The molecule has 108 valence electrons. The zero-order valence-electron chi connectivity index (χ0n) is 10.6. The Labute approximate surface area is 127 Å². The fourth-order valence-corrected chi connectivity index (χ4v) is 2.10. The van der Waals surface area contributed by atoms with Gasteiger partial charge in [0, 0.05) is 16.1 Å². The van der Waals surface area contributed by atoms with Crippen LogP contribution in [-0.4, -0.2) is 11.2 Å². The first kappa shape index (κ1) is 15.1. The number of hydrogen-bond acceptors (Lipinski definition) is 4. The molecule has 0 heterocycles. The van der Waals surface area contributed by atoms with Gasteiger partial charge >= 0.3 is 5.69 Å². The maximum atomic E-state index is 13.9. The summed E-state index contributed by atoms with van der Waals surface area (Å²) in [6.45, 7) is -0.212. The summed E-state index contributed by atoms with van der Waals surface area (Å²) in [4.78, 5) is 20.8. The van der Waals surface area contributed by atoms with Crippen molar-refractivity contribution in [2.75, 3.05) is 0 Å². The Morgan fingerprint density at radius 3 is 2.76 bits per heavy atom. The van der Waals surface area contributed by atoms with Crippen LogP contribution in [0.25, 0.3) is 0 Å². The molecule has 0 aliphatic carbocycles. The summed E-state index contributed by atoms with van der Waals surface area (Å²) in [5.41, 5.74) is -0.262. The average molecular weight is 354 g/mol. The maximum Gasteiger partial charge on any atom is 0.305 e. The summed E-state index contributed by atoms with van der Waals surface area (Å²) in [6, 6.07) is 8.64. The van der Waals surface area contributed by atoms with Crippen LogP contribution in [0.5, 0.6) is 5.75 Å². The van der Waals surface area contributed by atoms with Crippen LogP contribution in [0.3, 0.4) is 0 Å². The Hall–Kier alpha value is -2.28. The van der Waals surface area contributed by atoms with E-state index >= 15 is 0 Å². The first-order valence-corrected chi connectivity index (χ1v) is 6.61. The molecule has 0 saturated heterocycles. The molecule has 7 heteroatoms. The summed E-state index contributed by atoms with van der Waals surface area (Å²) in [6.07, 6.45) is 0.615. The molecule has 0 amide bonds. The smallest absolute Gasteiger partial charge is 0.305 e. The van der Waals surface area contributed by atoms with Gasteiger partial charge in [-0.15, -0.1) is 0 Å². The van der Waals surface area contributed by atoms with Crippen molar-refractivity contribution in [3.05, 3.63) is 67.9 Å². The highest BCUT2D eigenvalue weighted by molar-refractivity contribution is 9.10. The lowest BCUT2D eigenvalue weighted by atomic mass is 10.2. The number of nitrogens with zero attached hydrogens (tertiary/aromatic N) is 1. The molecule has 2 aromatic rings. The van der Waals surface area contributed by atoms with Crippen LogP contribution < -0.4 is 4.74 Å². The van der Waals surface area contributed by atoms with Gasteiger partial charge in [-0.25, -0.2) is 0 Å². The van der Waals surface area contributed by atoms with Crippen LogP contribution >= 0.6 is 15.9 Å². The Balaban J connectivity index is 2.23. The summed E-state index contributed by atoms with van der Waals surface area (Å²) in [5, 5.41) is 10.7. The van der Waals surface area contributed by atoms with Crippen molar-refractivity contribution < 1.29 is 18.8 Å². The fourth-order valence-electron chi connectivity index (χ4n) is 1.72. The lowest BCUT2D eigenvalue weighted by molar-refractivity contribution is -0.387. The summed E-state index contributed by atoms with van der Waals surface area (Å²) < 4.78 is 20.0. The predicted molar refractivity (Wildman–Crippen MR) is 76.9 cm³/mol. The van der Waals surface area contributed by atoms with Crippen molar-refractivity contribution in [3.8, 4) is 5.75 Å². The lowest BCUT2D eigenvalue weighted by Gasteiger charge is -2.09. The van der Waals surface area contributed by atoms with Gasteiger partial charge in [-0.3, -0.25) is 14.9 Å². The quantitative estimate of drug-likeness (QED) is 0.464. The van der Waals surface area contributed by atoms with Crippen molar-refractivity contribution >= 4 is 27.9 Å². The number of benzene rings is 2. The number of carbonyl (C=O) groups is 1. The third-order valence-corrected chi connectivity index (χ3v) is 3.23. The lowest BCUT2D eigenvalue weighted by Crippen LogP contribution is -2.03. The minimum Gasteiger partial charge on any atom is -0.488 e. The number of nitro benzene ring substituents is 1. The second-order valence-corrected chi connectivity index (χ2v) is 5.01. The average Bonchev–Trinajstić information content (AvgIpc) is 2.46. The Morgan fingerprint density at radius 2 is 2.10 bits per heavy atom. The second kappa shape index (κ2) is 6.45. The molecule has 5 nitrogen and oxygen atoms in total. The summed E-state index contributed by atoms with van der Waals surface area (Å²) in [7, 11) is 0. The minimum absolute atomic E-state index is 0.0453. The van der Waals surface area contributed by atoms with Gasteiger partial charge in [0.15, 0.2) is 6.29 Å². The van der Waals surface area contributed by atoms with Gasteiger partial charge in [0.2, 0.25) is 5.82 Å². The van der Waals surface area contributed by atoms with Gasteiger partial charge in [-0.05, 0) is 18.2 Å². The van der Waals surface area contributed by atoms with Crippen LogP contribution in [0.2, 0.25) is 0 Å². The standard InChI is InChI=1S/C14H9BrFNO4/c15-11-4-5-13(10(6-11)7-18)21-8-9-2-1-3-12(14(9)16)17(19)20/h1-7H,8H2. The van der Waals surface area contributed by atoms with Gasteiger partial charge < -0.3 is 4.74 Å². The van der Waals surface area contributed by atoms with E-state index < -0.39 is 16.4 Å². The molecule has 0 radical (unpaired) electrons. The monoisotopic (exact) mass is 353 g/mol. The number of nitro groups is 1. The van der Waals surface area contributed by atoms with E-state index in [0.29, 0.717) is 16.3 Å². The van der Waals surface area contributed by atoms with Gasteiger partial charge in [-0.1, -0.05) is 28.1 Å². The number of halogens is 2. The number of aldehydes is 1. The molecule has 0 N–H and O–H groups in total. The second-order valence-electron chi connectivity index (χ2n) is 4.10. The first-order valence-electron chi connectivity index (χ1n) is 5.82. The van der Waals surface area contributed by atoms with Crippen LogP contribution in [0.4, 0.5) is 10.1 Å². The van der Waals surface area contributed by atoms with E-state index in [1.807, 2.05) is 0 Å². The maximum absolute atomic E-state index is 13.9. The highest BCUT2D eigenvalue weighted by Crippen LogP contribution is 2.25. The van der Waals surface area contributed by atoms with E-state index in [1.54, 1.807) is 18.2 Å².